The van der Waals surface area contributed by atoms with E-state index in [-0.39, 0.29) is 12.3 Å². The Kier molecular flexibility index (Phi) is 4.59. The molecule has 0 saturated heterocycles. The molecule has 1 atom stereocenters. The molecule has 6 nitrogen and oxygen atoms in total. The molecule has 92 valence electrons. The number of carboxylic acids is 1. The van der Waals surface area contributed by atoms with Crippen molar-refractivity contribution in [1.82, 2.24) is 0 Å². The van der Waals surface area contributed by atoms with E-state index in [0.717, 1.165) is 0 Å². The van der Waals surface area contributed by atoms with Gasteiger partial charge in [-0.15, -0.1) is 0 Å². The van der Waals surface area contributed by atoms with Gasteiger partial charge in [0.1, 0.15) is 0 Å². The SMILES string of the molecule is CC(OCc1ccc(Br)cc1[N+](=O)[O-])C(=O)O. The molecule has 17 heavy (non-hydrogen) atoms. The smallest absolute Gasteiger partial charge is 0.332 e. The third-order valence-electron chi connectivity index (χ3n) is 2.08. The molecule has 0 bridgehead atoms. The van der Waals surface area contributed by atoms with Gasteiger partial charge >= 0.3 is 5.97 Å². The van der Waals surface area contributed by atoms with Crippen molar-refractivity contribution in [2.24, 2.45) is 0 Å². The number of rotatable bonds is 5. The highest BCUT2D eigenvalue weighted by atomic mass is 79.9. The lowest BCUT2D eigenvalue weighted by Gasteiger charge is -2.08. The Balaban J connectivity index is 2.84. The van der Waals surface area contributed by atoms with E-state index in [1.54, 1.807) is 6.07 Å². The lowest BCUT2D eigenvalue weighted by molar-refractivity contribution is -0.386. The summed E-state index contributed by atoms with van der Waals surface area (Å²) in [5.74, 6) is -1.11. The molecule has 1 unspecified atom stereocenters. The normalized spacial score (nSPS) is 12.1. The van der Waals surface area contributed by atoms with Crippen LogP contribution >= 0.6 is 15.9 Å². The van der Waals surface area contributed by atoms with Crippen molar-refractivity contribution < 1.29 is 19.6 Å². The number of carboxylic acid groups (broad SMARTS) is 1. The molecular formula is C10H10BrNO5. The van der Waals surface area contributed by atoms with Crippen molar-refractivity contribution in [3.8, 4) is 0 Å². The Bertz CT molecular complexity index is 448. The average Bonchev–Trinajstić information content (AvgIpc) is 2.26. The van der Waals surface area contributed by atoms with Crippen molar-refractivity contribution in [2.75, 3.05) is 0 Å². The van der Waals surface area contributed by atoms with E-state index in [9.17, 15) is 14.9 Å². The lowest BCUT2D eigenvalue weighted by atomic mass is 10.2. The third-order valence-corrected chi connectivity index (χ3v) is 2.57. The van der Waals surface area contributed by atoms with E-state index in [2.05, 4.69) is 15.9 Å². The standard InChI is InChI=1S/C10H10BrNO5/c1-6(10(13)14)17-5-7-2-3-8(11)4-9(7)12(15)16/h2-4,6H,5H2,1H3,(H,13,14). The fourth-order valence-electron chi connectivity index (χ4n) is 1.12. The topological polar surface area (TPSA) is 89.7 Å². The minimum absolute atomic E-state index is 0.100. The summed E-state index contributed by atoms with van der Waals surface area (Å²) in [6.45, 7) is 1.25. The maximum Gasteiger partial charge on any atom is 0.332 e. The van der Waals surface area contributed by atoms with E-state index in [0.29, 0.717) is 10.0 Å². The first-order valence-corrected chi connectivity index (χ1v) is 5.48. The largest absolute Gasteiger partial charge is 0.479 e. The van der Waals surface area contributed by atoms with Crippen LogP contribution in [0.2, 0.25) is 0 Å². The summed E-state index contributed by atoms with van der Waals surface area (Å²) >= 11 is 3.13. The molecule has 1 aromatic rings. The number of nitro benzene ring substituents is 1. The van der Waals surface area contributed by atoms with Crippen LogP contribution in [0.4, 0.5) is 5.69 Å². The second-order valence-electron chi connectivity index (χ2n) is 3.32. The van der Waals surface area contributed by atoms with Crippen LogP contribution in [0.3, 0.4) is 0 Å². The molecule has 0 heterocycles. The van der Waals surface area contributed by atoms with E-state index >= 15 is 0 Å². The number of hydrogen-bond acceptors (Lipinski definition) is 4. The summed E-state index contributed by atoms with van der Waals surface area (Å²) in [6.07, 6.45) is -1.00. The zero-order valence-corrected chi connectivity index (χ0v) is 10.5. The molecule has 0 saturated carbocycles. The molecule has 0 amide bonds. The quantitative estimate of drug-likeness (QED) is 0.666. The molecule has 7 heteroatoms. The van der Waals surface area contributed by atoms with Crippen LogP contribution in [-0.4, -0.2) is 22.1 Å². The molecule has 0 fully saturated rings. The number of benzene rings is 1. The molecule has 0 aliphatic rings. The Hall–Kier alpha value is -1.47. The molecular weight excluding hydrogens is 294 g/mol. The summed E-state index contributed by atoms with van der Waals surface area (Å²) in [4.78, 5) is 20.8. The number of carbonyl (C=O) groups is 1. The van der Waals surface area contributed by atoms with Gasteiger partial charge in [0, 0.05) is 10.5 Å². The Morgan fingerprint density at radius 2 is 2.29 bits per heavy atom. The maximum absolute atomic E-state index is 10.8. The summed E-state index contributed by atoms with van der Waals surface area (Å²) in [7, 11) is 0. The first-order chi connectivity index (χ1) is 7.91. The second kappa shape index (κ2) is 5.74. The molecule has 1 aromatic carbocycles. The van der Waals surface area contributed by atoms with Gasteiger partial charge in [-0.3, -0.25) is 10.1 Å². The minimum atomic E-state index is -1.11. The van der Waals surface area contributed by atoms with Crippen LogP contribution in [0.25, 0.3) is 0 Å². The summed E-state index contributed by atoms with van der Waals surface area (Å²) in [6, 6.07) is 4.51. The first kappa shape index (κ1) is 13.6. The highest BCUT2D eigenvalue weighted by molar-refractivity contribution is 9.10. The summed E-state index contributed by atoms with van der Waals surface area (Å²) < 4.78 is 5.58. The highest BCUT2D eigenvalue weighted by Gasteiger charge is 2.17. The molecule has 1 rings (SSSR count). The van der Waals surface area contributed by atoms with Gasteiger partial charge in [0.25, 0.3) is 5.69 Å². The summed E-state index contributed by atoms with van der Waals surface area (Å²) in [5, 5.41) is 19.4. The molecule has 0 aliphatic carbocycles. The van der Waals surface area contributed by atoms with Crippen LogP contribution in [0, 0.1) is 10.1 Å². The van der Waals surface area contributed by atoms with Crippen molar-refractivity contribution >= 4 is 27.6 Å². The third kappa shape index (κ3) is 3.79. The van der Waals surface area contributed by atoms with Crippen LogP contribution in [-0.2, 0) is 16.1 Å². The van der Waals surface area contributed by atoms with Crippen molar-refractivity contribution in [2.45, 2.75) is 19.6 Å². The molecule has 1 N–H and O–H groups in total. The van der Waals surface area contributed by atoms with Crippen molar-refractivity contribution in [3.05, 3.63) is 38.3 Å². The van der Waals surface area contributed by atoms with Crippen molar-refractivity contribution in [3.63, 3.8) is 0 Å². The predicted octanol–water partition coefficient (Wildman–Crippen LogP) is 2.35. The predicted molar refractivity (Wildman–Crippen MR) is 62.7 cm³/mol. The fourth-order valence-corrected chi connectivity index (χ4v) is 1.46. The van der Waals surface area contributed by atoms with Crippen LogP contribution < -0.4 is 0 Å². The van der Waals surface area contributed by atoms with E-state index in [1.807, 2.05) is 0 Å². The summed E-state index contributed by atoms with van der Waals surface area (Å²) in [5.41, 5.74) is 0.239. The Labute approximate surface area is 105 Å². The molecule has 0 aliphatic heterocycles. The van der Waals surface area contributed by atoms with Gasteiger partial charge in [0.05, 0.1) is 17.1 Å². The number of halogens is 1. The molecule has 0 radical (unpaired) electrons. The number of nitro groups is 1. The van der Waals surface area contributed by atoms with Gasteiger partial charge in [0.15, 0.2) is 6.10 Å². The second-order valence-corrected chi connectivity index (χ2v) is 4.24. The lowest BCUT2D eigenvalue weighted by Crippen LogP contribution is -2.19. The van der Waals surface area contributed by atoms with Crippen LogP contribution in [0.1, 0.15) is 12.5 Å². The van der Waals surface area contributed by atoms with Gasteiger partial charge in [-0.1, -0.05) is 15.9 Å². The van der Waals surface area contributed by atoms with Gasteiger partial charge in [-0.05, 0) is 19.1 Å². The van der Waals surface area contributed by atoms with Gasteiger partial charge in [0.2, 0.25) is 0 Å². The number of aliphatic carboxylic acids is 1. The van der Waals surface area contributed by atoms with Crippen molar-refractivity contribution in [1.29, 1.82) is 0 Å². The maximum atomic E-state index is 10.8. The molecule has 0 aromatic heterocycles. The van der Waals surface area contributed by atoms with E-state index in [1.165, 1.54) is 19.1 Å². The zero-order valence-electron chi connectivity index (χ0n) is 8.92. The van der Waals surface area contributed by atoms with Crippen LogP contribution in [0.5, 0.6) is 0 Å². The Morgan fingerprint density at radius 3 is 2.82 bits per heavy atom. The van der Waals surface area contributed by atoms with Gasteiger partial charge in [-0.2, -0.15) is 0 Å². The highest BCUT2D eigenvalue weighted by Crippen LogP contribution is 2.24. The minimum Gasteiger partial charge on any atom is -0.479 e. The fraction of sp³-hybridized carbons (Fsp3) is 0.300. The van der Waals surface area contributed by atoms with Gasteiger partial charge in [-0.25, -0.2) is 4.79 Å². The average molecular weight is 304 g/mol. The van der Waals surface area contributed by atoms with E-state index in [4.69, 9.17) is 9.84 Å². The Morgan fingerprint density at radius 1 is 1.65 bits per heavy atom. The monoisotopic (exact) mass is 303 g/mol. The number of ether oxygens (including phenoxy) is 1. The molecule has 0 spiro atoms. The van der Waals surface area contributed by atoms with Crippen LogP contribution in [0.15, 0.2) is 22.7 Å². The first-order valence-electron chi connectivity index (χ1n) is 4.69. The number of hydrogen-bond donors (Lipinski definition) is 1. The van der Waals surface area contributed by atoms with E-state index < -0.39 is 17.0 Å². The number of nitrogens with zero attached hydrogens (tertiary/aromatic N) is 1. The zero-order chi connectivity index (χ0) is 13.0. The van der Waals surface area contributed by atoms with Gasteiger partial charge < -0.3 is 9.84 Å².